The fourth-order valence-corrected chi connectivity index (χ4v) is 4.54. The van der Waals surface area contributed by atoms with E-state index in [1.54, 1.807) is 0 Å². The fraction of sp³-hybridized carbons (Fsp3) is 0.500. The molecule has 1 amide bonds. The van der Waals surface area contributed by atoms with E-state index >= 15 is 0 Å². The highest BCUT2D eigenvalue weighted by molar-refractivity contribution is 7.92. The van der Waals surface area contributed by atoms with E-state index in [4.69, 9.17) is 0 Å². The van der Waals surface area contributed by atoms with Gasteiger partial charge in [-0.25, -0.2) is 13.4 Å². The zero-order chi connectivity index (χ0) is 17.4. The molecule has 3 N–H and O–H groups in total. The van der Waals surface area contributed by atoms with Crippen molar-refractivity contribution in [3.8, 4) is 0 Å². The van der Waals surface area contributed by atoms with E-state index in [-0.39, 0.29) is 19.4 Å². The van der Waals surface area contributed by atoms with E-state index in [9.17, 15) is 13.2 Å². The molecule has 0 unspecified atom stereocenters. The minimum absolute atomic E-state index is 0.178. The number of imidazole rings is 1. The molecule has 0 radical (unpaired) electrons. The third-order valence-electron chi connectivity index (χ3n) is 4.64. The van der Waals surface area contributed by atoms with Gasteiger partial charge in [0, 0.05) is 6.26 Å². The first-order valence-corrected chi connectivity index (χ1v) is 9.85. The van der Waals surface area contributed by atoms with Crippen molar-refractivity contribution < 1.29 is 13.2 Å². The molecule has 3 rings (SSSR count). The number of nitrogens with one attached hydrogen (secondary N) is 3. The Kier molecular flexibility index (Phi) is 4.35. The van der Waals surface area contributed by atoms with Crippen molar-refractivity contribution in [1.29, 1.82) is 0 Å². The molecule has 0 bridgehead atoms. The van der Waals surface area contributed by atoms with Crippen LogP contribution in [0.1, 0.15) is 24.2 Å². The molecule has 2 aromatic rings. The van der Waals surface area contributed by atoms with Gasteiger partial charge in [-0.2, -0.15) is 0 Å². The van der Waals surface area contributed by atoms with Crippen LogP contribution in [0.25, 0.3) is 11.0 Å². The molecule has 7 nitrogen and oxygen atoms in total. The summed E-state index contributed by atoms with van der Waals surface area (Å²) in [6.45, 7) is 3.21. The van der Waals surface area contributed by atoms with Crippen molar-refractivity contribution in [2.24, 2.45) is 0 Å². The number of benzene rings is 1. The summed E-state index contributed by atoms with van der Waals surface area (Å²) in [5.74, 6) is 0.171. The SMILES string of the molecule is Cc1ccc2nc(CNC(=O)C3(S(C)(=O)=O)CCNCC3)[nH]c2c1. The van der Waals surface area contributed by atoms with E-state index in [1.165, 1.54) is 0 Å². The van der Waals surface area contributed by atoms with E-state index in [0.717, 1.165) is 22.9 Å². The lowest BCUT2D eigenvalue weighted by atomic mass is 9.96. The van der Waals surface area contributed by atoms with Crippen LogP contribution in [-0.4, -0.2) is 48.4 Å². The molecule has 1 aliphatic rings. The standard InChI is InChI=1S/C16H22N4O3S/c1-11-3-4-12-13(9-11)20-14(19-12)10-18-15(21)16(24(2,22)23)5-7-17-8-6-16/h3-4,9,17H,5-8,10H2,1-2H3,(H,18,21)(H,19,20). The van der Waals surface area contributed by atoms with Crippen molar-refractivity contribution in [3.63, 3.8) is 0 Å². The van der Waals surface area contributed by atoms with Crippen LogP contribution in [0.15, 0.2) is 18.2 Å². The van der Waals surface area contributed by atoms with Gasteiger partial charge in [0.05, 0.1) is 17.6 Å². The number of carbonyl (C=O) groups is 1. The van der Waals surface area contributed by atoms with Gasteiger partial charge >= 0.3 is 0 Å². The summed E-state index contributed by atoms with van der Waals surface area (Å²) in [7, 11) is -3.50. The maximum atomic E-state index is 12.6. The minimum Gasteiger partial charge on any atom is -0.348 e. The lowest BCUT2D eigenvalue weighted by Crippen LogP contribution is -2.57. The van der Waals surface area contributed by atoms with Crippen molar-refractivity contribution in [2.75, 3.05) is 19.3 Å². The summed E-state index contributed by atoms with van der Waals surface area (Å²) in [6.07, 6.45) is 1.72. The number of aromatic amines is 1. The topological polar surface area (TPSA) is 104 Å². The second-order valence-electron chi connectivity index (χ2n) is 6.40. The summed E-state index contributed by atoms with van der Waals surface area (Å²) in [6, 6.07) is 5.87. The molecule has 1 aromatic heterocycles. The number of aryl methyl sites for hydroxylation is 1. The molecule has 0 atom stereocenters. The Morgan fingerprint density at radius 1 is 1.33 bits per heavy atom. The summed E-state index contributed by atoms with van der Waals surface area (Å²) >= 11 is 0. The number of piperidine rings is 1. The lowest BCUT2D eigenvalue weighted by Gasteiger charge is -2.34. The van der Waals surface area contributed by atoms with Crippen LogP contribution in [0.5, 0.6) is 0 Å². The third kappa shape index (κ3) is 3.03. The zero-order valence-electron chi connectivity index (χ0n) is 13.8. The molecule has 1 aliphatic heterocycles. The molecule has 8 heteroatoms. The lowest BCUT2D eigenvalue weighted by molar-refractivity contribution is -0.124. The molecule has 0 spiro atoms. The second-order valence-corrected chi connectivity index (χ2v) is 8.73. The van der Waals surface area contributed by atoms with Gasteiger partial charge in [0.1, 0.15) is 5.82 Å². The number of rotatable bonds is 4. The number of aromatic nitrogens is 2. The predicted octanol–water partition coefficient (Wildman–Crippen LogP) is 0.654. The van der Waals surface area contributed by atoms with Crippen LogP contribution in [-0.2, 0) is 21.2 Å². The Morgan fingerprint density at radius 3 is 2.71 bits per heavy atom. The number of nitrogens with zero attached hydrogens (tertiary/aromatic N) is 1. The van der Waals surface area contributed by atoms with Crippen LogP contribution in [0.4, 0.5) is 0 Å². The zero-order valence-corrected chi connectivity index (χ0v) is 14.7. The van der Waals surface area contributed by atoms with Crippen molar-refractivity contribution in [3.05, 3.63) is 29.6 Å². The van der Waals surface area contributed by atoms with Gasteiger partial charge in [-0.1, -0.05) is 6.07 Å². The molecule has 0 saturated carbocycles. The highest BCUT2D eigenvalue weighted by Crippen LogP contribution is 2.28. The molecule has 24 heavy (non-hydrogen) atoms. The molecule has 1 fully saturated rings. The first kappa shape index (κ1) is 16.9. The van der Waals surface area contributed by atoms with Gasteiger partial charge < -0.3 is 15.6 Å². The molecule has 2 heterocycles. The number of hydrogen-bond donors (Lipinski definition) is 3. The molecule has 0 aliphatic carbocycles. The second kappa shape index (κ2) is 6.18. The van der Waals surface area contributed by atoms with Crippen molar-refractivity contribution >= 4 is 26.8 Å². The number of sulfone groups is 1. The Bertz CT molecular complexity index is 867. The van der Waals surface area contributed by atoms with Crippen LogP contribution < -0.4 is 10.6 Å². The van der Waals surface area contributed by atoms with E-state index < -0.39 is 20.5 Å². The average molecular weight is 350 g/mol. The summed E-state index contributed by atoms with van der Waals surface area (Å²) in [4.78, 5) is 20.2. The fourth-order valence-electron chi connectivity index (χ4n) is 3.18. The summed E-state index contributed by atoms with van der Waals surface area (Å²) in [5.41, 5.74) is 2.84. The average Bonchev–Trinajstić information content (AvgIpc) is 2.94. The first-order chi connectivity index (χ1) is 11.3. The van der Waals surface area contributed by atoms with Crippen molar-refractivity contribution in [2.45, 2.75) is 31.1 Å². The van der Waals surface area contributed by atoms with Gasteiger partial charge in [0.25, 0.3) is 0 Å². The molecule has 130 valence electrons. The third-order valence-corrected chi connectivity index (χ3v) is 6.65. The molecule has 1 saturated heterocycles. The number of hydrogen-bond acceptors (Lipinski definition) is 5. The smallest absolute Gasteiger partial charge is 0.241 e. The first-order valence-electron chi connectivity index (χ1n) is 7.96. The molecule has 1 aromatic carbocycles. The van der Waals surface area contributed by atoms with Gasteiger partial charge in [0.15, 0.2) is 14.6 Å². The van der Waals surface area contributed by atoms with Crippen LogP contribution in [0.3, 0.4) is 0 Å². The monoisotopic (exact) mass is 350 g/mol. The highest BCUT2D eigenvalue weighted by atomic mass is 32.2. The van der Waals surface area contributed by atoms with Crippen LogP contribution in [0, 0.1) is 6.92 Å². The normalized spacial score (nSPS) is 17.8. The van der Waals surface area contributed by atoms with Gasteiger partial charge in [-0.05, 0) is 50.6 Å². The van der Waals surface area contributed by atoms with Crippen LogP contribution >= 0.6 is 0 Å². The molecular formula is C16H22N4O3S. The summed E-state index contributed by atoms with van der Waals surface area (Å²) < 4.78 is 23.1. The Balaban J connectivity index is 1.77. The predicted molar refractivity (Wildman–Crippen MR) is 92.4 cm³/mol. The largest absolute Gasteiger partial charge is 0.348 e. The number of amides is 1. The van der Waals surface area contributed by atoms with Gasteiger partial charge in [-0.3, -0.25) is 4.79 Å². The number of H-pyrrole nitrogens is 1. The summed E-state index contributed by atoms with van der Waals surface area (Å²) in [5, 5.41) is 5.85. The Morgan fingerprint density at radius 2 is 2.04 bits per heavy atom. The number of carbonyl (C=O) groups excluding carboxylic acids is 1. The van der Waals surface area contributed by atoms with E-state index in [2.05, 4.69) is 20.6 Å². The maximum absolute atomic E-state index is 12.6. The van der Waals surface area contributed by atoms with Gasteiger partial charge in [0.2, 0.25) is 5.91 Å². The highest BCUT2D eigenvalue weighted by Gasteiger charge is 2.48. The molecular weight excluding hydrogens is 328 g/mol. The number of fused-ring (bicyclic) bond motifs is 1. The Hall–Kier alpha value is -1.93. The van der Waals surface area contributed by atoms with Crippen molar-refractivity contribution in [1.82, 2.24) is 20.6 Å². The van der Waals surface area contributed by atoms with E-state index in [0.29, 0.717) is 18.9 Å². The van der Waals surface area contributed by atoms with Crippen LogP contribution in [0.2, 0.25) is 0 Å². The Labute approximate surface area is 141 Å². The minimum atomic E-state index is -3.50. The maximum Gasteiger partial charge on any atom is 0.241 e. The van der Waals surface area contributed by atoms with E-state index in [1.807, 2.05) is 25.1 Å². The quantitative estimate of drug-likeness (QED) is 0.751. The van der Waals surface area contributed by atoms with Gasteiger partial charge in [-0.15, -0.1) is 0 Å².